The van der Waals surface area contributed by atoms with Crippen molar-refractivity contribution < 1.29 is 4.74 Å². The number of aromatic amines is 1. The molecule has 0 spiro atoms. The minimum atomic E-state index is 0.572. The highest BCUT2D eigenvalue weighted by Gasteiger charge is 2.23. The highest BCUT2D eigenvalue weighted by atomic mass is 16.5. The normalized spacial score (nSPS) is 21.5. The van der Waals surface area contributed by atoms with Crippen LogP contribution in [-0.2, 0) is 4.74 Å². The Morgan fingerprint density at radius 3 is 2.67 bits per heavy atom. The lowest BCUT2D eigenvalue weighted by atomic mass is 10.3. The van der Waals surface area contributed by atoms with Gasteiger partial charge in [-0.25, -0.2) is 0 Å². The molecule has 1 aliphatic heterocycles. The van der Waals surface area contributed by atoms with Crippen LogP contribution in [0.4, 0.5) is 5.95 Å². The summed E-state index contributed by atoms with van der Waals surface area (Å²) >= 11 is 0. The molecule has 2 aliphatic rings. The molecule has 0 bridgehead atoms. The van der Waals surface area contributed by atoms with Crippen LogP contribution in [0.1, 0.15) is 18.7 Å². The highest BCUT2D eigenvalue weighted by molar-refractivity contribution is 5.29. The first-order chi connectivity index (χ1) is 8.81. The minimum Gasteiger partial charge on any atom is -0.377 e. The molecule has 0 atom stereocenters. The number of rotatable bonds is 5. The summed E-state index contributed by atoms with van der Waals surface area (Å²) in [6.45, 7) is 8.01. The predicted molar refractivity (Wildman–Crippen MR) is 68.7 cm³/mol. The van der Waals surface area contributed by atoms with E-state index in [0.29, 0.717) is 6.10 Å². The Kier molecular flexibility index (Phi) is 3.47. The van der Waals surface area contributed by atoms with Gasteiger partial charge in [0.25, 0.3) is 0 Å². The first kappa shape index (κ1) is 11.9. The second-order valence-electron chi connectivity index (χ2n) is 5.12. The Hall–Kier alpha value is -1.14. The second kappa shape index (κ2) is 5.24. The summed E-state index contributed by atoms with van der Waals surface area (Å²) in [6.07, 6.45) is 3.10. The van der Waals surface area contributed by atoms with Crippen LogP contribution in [0.2, 0.25) is 0 Å². The molecule has 18 heavy (non-hydrogen) atoms. The maximum absolute atomic E-state index is 5.69. The van der Waals surface area contributed by atoms with Crippen LogP contribution in [0, 0.1) is 6.92 Å². The molecule has 1 saturated carbocycles. The van der Waals surface area contributed by atoms with E-state index in [4.69, 9.17) is 4.74 Å². The van der Waals surface area contributed by atoms with E-state index in [9.17, 15) is 0 Å². The molecule has 0 aromatic carbocycles. The van der Waals surface area contributed by atoms with E-state index in [0.717, 1.165) is 51.1 Å². The van der Waals surface area contributed by atoms with Crippen LogP contribution < -0.4 is 4.90 Å². The molecule has 0 radical (unpaired) electrons. The Morgan fingerprint density at radius 2 is 2.06 bits per heavy atom. The van der Waals surface area contributed by atoms with Gasteiger partial charge in [0, 0.05) is 32.7 Å². The topological polar surface area (TPSA) is 57.3 Å². The molecule has 1 aliphatic carbocycles. The van der Waals surface area contributed by atoms with Gasteiger partial charge in [-0.05, 0) is 19.8 Å². The van der Waals surface area contributed by atoms with E-state index < -0.39 is 0 Å². The molecule has 1 aromatic heterocycles. The molecule has 0 unspecified atom stereocenters. The fourth-order valence-corrected chi connectivity index (χ4v) is 2.23. The number of nitrogens with zero attached hydrogens (tertiary/aromatic N) is 4. The van der Waals surface area contributed by atoms with Crippen LogP contribution >= 0.6 is 0 Å². The zero-order chi connectivity index (χ0) is 12.4. The SMILES string of the molecule is Cc1nc(N2CCN(CCOC3CC3)CC2)n[nH]1. The zero-order valence-corrected chi connectivity index (χ0v) is 10.9. The predicted octanol–water partition coefficient (Wildman–Crippen LogP) is 0.414. The maximum Gasteiger partial charge on any atom is 0.244 e. The average Bonchev–Trinajstić information content (AvgIpc) is 3.11. The standard InChI is InChI=1S/C12H21N5O/c1-10-13-12(15-14-10)17-6-4-16(5-7-17)8-9-18-11-2-3-11/h11H,2-9H2,1H3,(H,13,14,15). The summed E-state index contributed by atoms with van der Waals surface area (Å²) in [7, 11) is 0. The van der Waals surface area contributed by atoms with Gasteiger partial charge in [-0.2, -0.15) is 4.98 Å². The van der Waals surface area contributed by atoms with Gasteiger partial charge < -0.3 is 9.64 Å². The zero-order valence-electron chi connectivity index (χ0n) is 10.9. The van der Waals surface area contributed by atoms with Crippen LogP contribution in [0.3, 0.4) is 0 Å². The van der Waals surface area contributed by atoms with E-state index in [-0.39, 0.29) is 0 Å². The third-order valence-corrected chi connectivity index (χ3v) is 3.53. The van der Waals surface area contributed by atoms with Crippen molar-refractivity contribution in [3.05, 3.63) is 5.82 Å². The smallest absolute Gasteiger partial charge is 0.244 e. The number of H-pyrrole nitrogens is 1. The third kappa shape index (κ3) is 3.00. The number of anilines is 1. The maximum atomic E-state index is 5.69. The number of aromatic nitrogens is 3. The highest BCUT2D eigenvalue weighted by Crippen LogP contribution is 2.23. The second-order valence-corrected chi connectivity index (χ2v) is 5.12. The molecule has 3 rings (SSSR count). The fraction of sp³-hybridized carbons (Fsp3) is 0.833. The van der Waals surface area contributed by atoms with Crippen LogP contribution in [-0.4, -0.2) is 65.5 Å². The molecule has 6 heteroatoms. The summed E-state index contributed by atoms with van der Waals surface area (Å²) in [5, 5.41) is 7.10. The summed E-state index contributed by atoms with van der Waals surface area (Å²) in [6, 6.07) is 0. The summed E-state index contributed by atoms with van der Waals surface area (Å²) in [5.41, 5.74) is 0. The lowest BCUT2D eigenvalue weighted by molar-refractivity contribution is 0.0898. The molecular weight excluding hydrogens is 230 g/mol. The first-order valence-corrected chi connectivity index (χ1v) is 6.79. The van der Waals surface area contributed by atoms with Gasteiger partial charge in [0.2, 0.25) is 5.95 Å². The Bertz CT molecular complexity index is 382. The van der Waals surface area contributed by atoms with Gasteiger partial charge in [0.05, 0.1) is 12.7 Å². The van der Waals surface area contributed by atoms with E-state index in [1.807, 2.05) is 6.92 Å². The summed E-state index contributed by atoms with van der Waals surface area (Å²) < 4.78 is 5.69. The monoisotopic (exact) mass is 251 g/mol. The molecule has 1 N–H and O–H groups in total. The number of piperazine rings is 1. The van der Waals surface area contributed by atoms with Gasteiger partial charge in [-0.1, -0.05) is 0 Å². The number of nitrogens with one attached hydrogen (secondary N) is 1. The quantitative estimate of drug-likeness (QED) is 0.821. The van der Waals surface area contributed by atoms with Gasteiger partial charge >= 0.3 is 0 Å². The van der Waals surface area contributed by atoms with Crippen molar-refractivity contribution >= 4 is 5.95 Å². The van der Waals surface area contributed by atoms with Crippen molar-refractivity contribution in [3.63, 3.8) is 0 Å². The fourth-order valence-electron chi connectivity index (χ4n) is 2.23. The van der Waals surface area contributed by atoms with Gasteiger partial charge in [0.15, 0.2) is 0 Å². The molecular formula is C12H21N5O. The molecule has 1 aromatic rings. The van der Waals surface area contributed by atoms with Crippen LogP contribution in [0.25, 0.3) is 0 Å². The Balaban J connectivity index is 1.40. The van der Waals surface area contributed by atoms with E-state index in [1.165, 1.54) is 12.8 Å². The lowest BCUT2D eigenvalue weighted by Gasteiger charge is -2.33. The number of hydrogen-bond acceptors (Lipinski definition) is 5. The van der Waals surface area contributed by atoms with Crippen LogP contribution in [0.5, 0.6) is 0 Å². The van der Waals surface area contributed by atoms with Crippen molar-refractivity contribution in [2.24, 2.45) is 0 Å². The van der Waals surface area contributed by atoms with E-state index >= 15 is 0 Å². The van der Waals surface area contributed by atoms with Gasteiger partial charge in [-0.15, -0.1) is 5.10 Å². The number of hydrogen-bond donors (Lipinski definition) is 1. The largest absolute Gasteiger partial charge is 0.377 e. The molecule has 6 nitrogen and oxygen atoms in total. The van der Waals surface area contributed by atoms with E-state index in [2.05, 4.69) is 25.0 Å². The van der Waals surface area contributed by atoms with Crippen molar-refractivity contribution in [3.8, 4) is 0 Å². The van der Waals surface area contributed by atoms with Crippen molar-refractivity contribution in [1.82, 2.24) is 20.1 Å². The number of ether oxygens (including phenoxy) is 1. The molecule has 2 heterocycles. The van der Waals surface area contributed by atoms with Gasteiger partial charge in [-0.3, -0.25) is 10.00 Å². The Morgan fingerprint density at radius 1 is 1.28 bits per heavy atom. The molecule has 100 valence electrons. The minimum absolute atomic E-state index is 0.572. The third-order valence-electron chi connectivity index (χ3n) is 3.53. The summed E-state index contributed by atoms with van der Waals surface area (Å²) in [5.74, 6) is 1.71. The van der Waals surface area contributed by atoms with E-state index in [1.54, 1.807) is 0 Å². The molecule has 0 amide bonds. The summed E-state index contributed by atoms with van der Waals surface area (Å²) in [4.78, 5) is 9.06. The molecule has 2 fully saturated rings. The van der Waals surface area contributed by atoms with Crippen molar-refractivity contribution in [2.75, 3.05) is 44.2 Å². The average molecular weight is 251 g/mol. The van der Waals surface area contributed by atoms with Gasteiger partial charge in [0.1, 0.15) is 5.82 Å². The molecule has 1 saturated heterocycles. The van der Waals surface area contributed by atoms with Crippen molar-refractivity contribution in [2.45, 2.75) is 25.9 Å². The van der Waals surface area contributed by atoms with Crippen LogP contribution in [0.15, 0.2) is 0 Å². The number of aryl methyl sites for hydroxylation is 1. The van der Waals surface area contributed by atoms with Crippen molar-refractivity contribution in [1.29, 1.82) is 0 Å². The first-order valence-electron chi connectivity index (χ1n) is 6.79. The lowest BCUT2D eigenvalue weighted by Crippen LogP contribution is -2.47. The Labute approximate surface area is 107 Å².